The molecule has 2 aromatic heterocycles. The predicted octanol–water partition coefficient (Wildman–Crippen LogP) is 2.55. The van der Waals surface area contributed by atoms with Crippen LogP contribution in [0.5, 0.6) is 0 Å². The maximum absolute atomic E-state index is 12.9. The Hall–Kier alpha value is -2.59. The predicted molar refractivity (Wildman–Crippen MR) is 111 cm³/mol. The van der Waals surface area contributed by atoms with Crippen molar-refractivity contribution in [3.05, 3.63) is 83.7 Å². The number of aromatic nitrogens is 3. The second-order valence-electron chi connectivity index (χ2n) is 7.15. The van der Waals surface area contributed by atoms with E-state index in [-0.39, 0.29) is 30.5 Å². The third-order valence-electron chi connectivity index (χ3n) is 4.78. The van der Waals surface area contributed by atoms with Gasteiger partial charge in [0, 0.05) is 30.4 Å². The molecule has 0 amide bonds. The molecule has 30 heavy (non-hydrogen) atoms. The number of ether oxygens (including phenoxy) is 1. The highest BCUT2D eigenvalue weighted by Gasteiger charge is 2.52. The Morgan fingerprint density at radius 1 is 1.17 bits per heavy atom. The van der Waals surface area contributed by atoms with Crippen molar-refractivity contribution in [3.63, 3.8) is 0 Å². The van der Waals surface area contributed by atoms with E-state index in [0.29, 0.717) is 5.56 Å². The van der Waals surface area contributed by atoms with E-state index in [2.05, 4.69) is 9.97 Å². The lowest BCUT2D eigenvalue weighted by Gasteiger charge is -2.33. The van der Waals surface area contributed by atoms with Crippen molar-refractivity contribution < 1.29 is 22.8 Å². The summed E-state index contributed by atoms with van der Waals surface area (Å²) in [6.45, 7) is 3.37. The molecule has 0 saturated heterocycles. The highest BCUT2D eigenvalue weighted by Crippen LogP contribution is 2.41. The molecule has 1 unspecified atom stereocenters. The van der Waals surface area contributed by atoms with Crippen molar-refractivity contribution in [2.75, 3.05) is 13.2 Å². The van der Waals surface area contributed by atoms with Crippen LogP contribution in [0.4, 0.5) is 0 Å². The second-order valence-corrected chi connectivity index (χ2v) is 8.67. The van der Waals surface area contributed by atoms with Crippen molar-refractivity contribution in [3.8, 4) is 0 Å². The minimum Gasteiger partial charge on any atom is -0.394 e. The van der Waals surface area contributed by atoms with Gasteiger partial charge in [0.1, 0.15) is 0 Å². The highest BCUT2D eigenvalue weighted by molar-refractivity contribution is 7.86. The lowest BCUT2D eigenvalue weighted by Crippen LogP contribution is -2.44. The smallest absolute Gasteiger partial charge is 0.307 e. The van der Waals surface area contributed by atoms with Crippen molar-refractivity contribution >= 4 is 10.1 Å². The van der Waals surface area contributed by atoms with Crippen LogP contribution in [0.3, 0.4) is 0 Å². The van der Waals surface area contributed by atoms with Gasteiger partial charge in [0.05, 0.1) is 19.8 Å². The molecule has 0 aliphatic rings. The molecule has 3 aromatic rings. The Kier molecular flexibility index (Phi) is 6.67. The lowest BCUT2D eigenvalue weighted by atomic mass is 9.93. The summed E-state index contributed by atoms with van der Waals surface area (Å²) in [5, 5.41) is 9.39. The van der Waals surface area contributed by atoms with E-state index in [1.54, 1.807) is 53.5 Å². The van der Waals surface area contributed by atoms with Crippen LogP contribution >= 0.6 is 0 Å². The molecule has 1 atom stereocenters. The minimum absolute atomic E-state index is 0.00426. The van der Waals surface area contributed by atoms with Gasteiger partial charge in [-0.15, -0.1) is 0 Å². The van der Waals surface area contributed by atoms with E-state index in [4.69, 9.17) is 4.74 Å². The van der Waals surface area contributed by atoms with Gasteiger partial charge in [-0.05, 0) is 23.1 Å². The standard InChI is InChI=1S/C21H25N3O5S/c1-16(2)18-7-3-4-8-19(18)21(29-13-12-25,30(26,27)28)20-23-10-11-24(20)15-17-6-5-9-22-14-17/h3-11,14,16,25H,12-13,15H2,1-2H3,(H,26,27,28). The number of aliphatic hydroxyl groups excluding tert-OH is 1. The largest absolute Gasteiger partial charge is 0.394 e. The first-order valence-electron chi connectivity index (χ1n) is 9.53. The SMILES string of the molecule is CC(C)c1ccccc1C(OCCO)(c1nccn1Cc1cccnc1)S(=O)(=O)O. The fourth-order valence-corrected chi connectivity index (χ4v) is 4.60. The van der Waals surface area contributed by atoms with Crippen LogP contribution < -0.4 is 0 Å². The molecule has 0 bridgehead atoms. The molecule has 9 heteroatoms. The molecule has 1 aromatic carbocycles. The summed E-state index contributed by atoms with van der Waals surface area (Å²) in [7, 11) is -4.88. The summed E-state index contributed by atoms with van der Waals surface area (Å²) in [4.78, 5) is 6.06. The maximum Gasteiger partial charge on any atom is 0.307 e. The fourth-order valence-electron chi connectivity index (χ4n) is 3.50. The number of imidazole rings is 1. The Morgan fingerprint density at radius 3 is 2.57 bits per heavy atom. The first-order chi connectivity index (χ1) is 14.3. The summed E-state index contributed by atoms with van der Waals surface area (Å²) in [5.74, 6) is -0.0582. The summed E-state index contributed by atoms with van der Waals surface area (Å²) in [5.41, 5.74) is 1.76. The van der Waals surface area contributed by atoms with Crippen molar-refractivity contribution in [2.45, 2.75) is 31.2 Å². The van der Waals surface area contributed by atoms with Crippen LogP contribution in [0.2, 0.25) is 0 Å². The first kappa shape index (κ1) is 22.1. The lowest BCUT2D eigenvalue weighted by molar-refractivity contribution is 0.00799. The van der Waals surface area contributed by atoms with E-state index >= 15 is 0 Å². The molecule has 0 spiro atoms. The number of hydrogen-bond acceptors (Lipinski definition) is 6. The topological polar surface area (TPSA) is 115 Å². The summed E-state index contributed by atoms with van der Waals surface area (Å²) in [6, 6.07) is 10.5. The van der Waals surface area contributed by atoms with Crippen molar-refractivity contribution in [1.29, 1.82) is 0 Å². The third kappa shape index (κ3) is 4.15. The van der Waals surface area contributed by atoms with Crippen LogP contribution in [-0.4, -0.2) is 45.8 Å². The van der Waals surface area contributed by atoms with Gasteiger partial charge >= 0.3 is 10.1 Å². The summed E-state index contributed by atoms with van der Waals surface area (Å²) in [6.07, 6.45) is 6.37. The molecule has 8 nitrogen and oxygen atoms in total. The Bertz CT molecular complexity index is 1080. The van der Waals surface area contributed by atoms with Crippen LogP contribution in [-0.2, 0) is 26.3 Å². The number of aliphatic hydroxyl groups is 1. The van der Waals surface area contributed by atoms with E-state index in [1.807, 2.05) is 19.9 Å². The molecule has 3 rings (SSSR count). The first-order valence-corrected chi connectivity index (χ1v) is 11.0. The normalized spacial score (nSPS) is 14.0. The number of rotatable bonds is 9. The molecular weight excluding hydrogens is 406 g/mol. The second kappa shape index (κ2) is 9.05. The van der Waals surface area contributed by atoms with Crippen LogP contribution in [0, 0.1) is 0 Å². The van der Waals surface area contributed by atoms with Crippen LogP contribution in [0.25, 0.3) is 0 Å². The highest BCUT2D eigenvalue weighted by atomic mass is 32.2. The van der Waals surface area contributed by atoms with Crippen LogP contribution in [0.15, 0.2) is 61.2 Å². The average Bonchev–Trinajstić information content (AvgIpc) is 3.17. The van der Waals surface area contributed by atoms with Crippen LogP contribution in [0.1, 0.15) is 42.3 Å². The van der Waals surface area contributed by atoms with Gasteiger partial charge in [0.2, 0.25) is 0 Å². The molecular formula is C21H25N3O5S. The van der Waals surface area contributed by atoms with Gasteiger partial charge in [-0.2, -0.15) is 8.42 Å². The third-order valence-corrected chi connectivity index (χ3v) is 6.03. The summed E-state index contributed by atoms with van der Waals surface area (Å²) >= 11 is 0. The average molecular weight is 432 g/mol. The van der Waals surface area contributed by atoms with Crippen molar-refractivity contribution in [2.24, 2.45) is 0 Å². The Balaban J connectivity index is 2.28. The quantitative estimate of drug-likeness (QED) is 0.500. The van der Waals surface area contributed by atoms with E-state index in [0.717, 1.165) is 5.56 Å². The monoisotopic (exact) mass is 431 g/mol. The molecule has 2 N–H and O–H groups in total. The molecule has 0 radical (unpaired) electrons. The Morgan fingerprint density at radius 2 is 1.93 bits per heavy atom. The zero-order valence-corrected chi connectivity index (χ0v) is 17.7. The van der Waals surface area contributed by atoms with Gasteiger partial charge in [-0.25, -0.2) is 4.98 Å². The van der Waals surface area contributed by atoms with Gasteiger partial charge in [-0.3, -0.25) is 9.54 Å². The molecule has 0 aliphatic carbocycles. The molecule has 0 fully saturated rings. The molecule has 0 aliphatic heterocycles. The van der Waals surface area contributed by atoms with E-state index in [9.17, 15) is 18.1 Å². The zero-order valence-electron chi connectivity index (χ0n) is 16.8. The summed E-state index contributed by atoms with van der Waals surface area (Å²) < 4.78 is 43.7. The number of benzene rings is 1. The zero-order chi connectivity index (χ0) is 21.8. The fraction of sp³-hybridized carbons (Fsp3) is 0.333. The number of pyridine rings is 1. The van der Waals surface area contributed by atoms with Gasteiger partial charge in [-0.1, -0.05) is 44.2 Å². The van der Waals surface area contributed by atoms with Gasteiger partial charge in [0.15, 0.2) is 5.82 Å². The number of hydrogen-bond donors (Lipinski definition) is 2. The molecule has 2 heterocycles. The molecule has 0 saturated carbocycles. The number of nitrogens with zero attached hydrogens (tertiary/aromatic N) is 3. The van der Waals surface area contributed by atoms with E-state index < -0.39 is 21.7 Å². The van der Waals surface area contributed by atoms with Gasteiger partial charge in [0.25, 0.3) is 4.93 Å². The Labute approximate surface area is 175 Å². The van der Waals surface area contributed by atoms with E-state index in [1.165, 1.54) is 6.20 Å². The minimum atomic E-state index is -4.88. The maximum atomic E-state index is 12.9. The van der Waals surface area contributed by atoms with Crippen molar-refractivity contribution in [1.82, 2.24) is 14.5 Å². The van der Waals surface area contributed by atoms with Gasteiger partial charge < -0.3 is 14.4 Å². The molecule has 160 valence electrons.